The Bertz CT molecular complexity index is 892. The number of sulfonamides is 1. The van der Waals surface area contributed by atoms with Crippen LogP contribution < -0.4 is 14.8 Å². The predicted octanol–water partition coefficient (Wildman–Crippen LogP) is 2.03. The molecule has 0 radical (unpaired) electrons. The molecule has 0 aliphatic carbocycles. The Labute approximate surface area is 153 Å². The van der Waals surface area contributed by atoms with E-state index in [-0.39, 0.29) is 17.3 Å². The summed E-state index contributed by atoms with van der Waals surface area (Å²) in [6, 6.07) is 12.1. The van der Waals surface area contributed by atoms with E-state index >= 15 is 0 Å². The Morgan fingerprint density at radius 2 is 1.88 bits per heavy atom. The monoisotopic (exact) mass is 374 g/mol. The van der Waals surface area contributed by atoms with Crippen molar-refractivity contribution in [1.82, 2.24) is 10.0 Å². The van der Waals surface area contributed by atoms with Crippen LogP contribution in [0.15, 0.2) is 47.4 Å². The first-order valence-electron chi connectivity index (χ1n) is 8.56. The van der Waals surface area contributed by atoms with Gasteiger partial charge in [0.15, 0.2) is 0 Å². The van der Waals surface area contributed by atoms with Crippen LogP contribution in [0.1, 0.15) is 27.9 Å². The molecular formula is C19H22N2O4S. The minimum absolute atomic E-state index is 0.166. The summed E-state index contributed by atoms with van der Waals surface area (Å²) in [5.74, 6) is 0.674. The Morgan fingerprint density at radius 3 is 2.65 bits per heavy atom. The molecule has 2 N–H and O–H groups in total. The molecule has 1 aliphatic rings. The second-order valence-corrected chi connectivity index (χ2v) is 8.01. The smallest absolute Gasteiger partial charge is 0.251 e. The number of amides is 1. The van der Waals surface area contributed by atoms with Crippen molar-refractivity contribution in [3.05, 3.63) is 59.2 Å². The summed E-state index contributed by atoms with van der Waals surface area (Å²) in [7, 11) is -3.51. The maximum Gasteiger partial charge on any atom is 0.251 e. The van der Waals surface area contributed by atoms with Gasteiger partial charge in [0, 0.05) is 25.1 Å². The number of ether oxygens (including phenoxy) is 1. The van der Waals surface area contributed by atoms with Gasteiger partial charge in [0.1, 0.15) is 5.75 Å². The van der Waals surface area contributed by atoms with Gasteiger partial charge in [-0.15, -0.1) is 0 Å². The van der Waals surface area contributed by atoms with Crippen LogP contribution in [0.4, 0.5) is 0 Å². The Hall–Kier alpha value is -2.38. The molecule has 0 bridgehead atoms. The molecule has 3 rings (SSSR count). The molecular weight excluding hydrogens is 352 g/mol. The van der Waals surface area contributed by atoms with Gasteiger partial charge in [-0.1, -0.05) is 17.7 Å². The molecule has 0 atom stereocenters. The van der Waals surface area contributed by atoms with E-state index < -0.39 is 10.0 Å². The highest BCUT2D eigenvalue weighted by Gasteiger charge is 2.15. The number of fused-ring (bicyclic) bond motifs is 1. The van der Waals surface area contributed by atoms with Gasteiger partial charge in [0.2, 0.25) is 10.0 Å². The fraction of sp³-hybridized carbons (Fsp3) is 0.316. The largest absolute Gasteiger partial charge is 0.493 e. The van der Waals surface area contributed by atoms with Gasteiger partial charge < -0.3 is 10.1 Å². The molecule has 0 saturated heterocycles. The van der Waals surface area contributed by atoms with Gasteiger partial charge in [0.25, 0.3) is 5.91 Å². The number of carbonyl (C=O) groups excluding carboxylic acids is 1. The number of benzene rings is 2. The minimum atomic E-state index is -3.51. The SMILES string of the molecule is Cc1ccc(S(=O)(=O)NCCCNC(=O)c2ccc3c(c2)CCO3)cc1. The lowest BCUT2D eigenvalue weighted by Gasteiger charge is -2.09. The van der Waals surface area contributed by atoms with E-state index in [2.05, 4.69) is 10.0 Å². The lowest BCUT2D eigenvalue weighted by atomic mass is 10.1. The summed E-state index contributed by atoms with van der Waals surface area (Å²) >= 11 is 0. The average Bonchev–Trinajstić information content (AvgIpc) is 3.09. The third-order valence-corrected chi connectivity index (χ3v) is 5.69. The van der Waals surface area contributed by atoms with Crippen LogP contribution in [0.3, 0.4) is 0 Å². The minimum Gasteiger partial charge on any atom is -0.493 e. The van der Waals surface area contributed by atoms with Crippen LogP contribution >= 0.6 is 0 Å². The highest BCUT2D eigenvalue weighted by Crippen LogP contribution is 2.25. The van der Waals surface area contributed by atoms with Crippen molar-refractivity contribution < 1.29 is 17.9 Å². The maximum atomic E-state index is 12.2. The summed E-state index contributed by atoms with van der Waals surface area (Å²) < 4.78 is 32.3. The zero-order chi connectivity index (χ0) is 18.6. The predicted molar refractivity (Wildman–Crippen MR) is 99.0 cm³/mol. The van der Waals surface area contributed by atoms with Crippen LogP contribution in [0.2, 0.25) is 0 Å². The zero-order valence-electron chi connectivity index (χ0n) is 14.6. The molecule has 2 aromatic rings. The number of hydrogen-bond donors (Lipinski definition) is 2. The second-order valence-electron chi connectivity index (χ2n) is 6.24. The Balaban J connectivity index is 1.44. The molecule has 1 heterocycles. The van der Waals surface area contributed by atoms with Gasteiger partial charge >= 0.3 is 0 Å². The van der Waals surface area contributed by atoms with Crippen molar-refractivity contribution >= 4 is 15.9 Å². The Kier molecular flexibility index (Phi) is 5.58. The summed E-state index contributed by atoms with van der Waals surface area (Å²) in [5.41, 5.74) is 2.64. The van der Waals surface area contributed by atoms with Gasteiger partial charge in [-0.3, -0.25) is 4.79 Å². The molecule has 0 spiro atoms. The van der Waals surface area contributed by atoms with Gasteiger partial charge in [-0.2, -0.15) is 0 Å². The number of aryl methyl sites for hydroxylation is 1. The fourth-order valence-electron chi connectivity index (χ4n) is 2.73. The van der Waals surface area contributed by atoms with Crippen LogP contribution in [0.5, 0.6) is 5.75 Å². The quantitative estimate of drug-likeness (QED) is 0.727. The van der Waals surface area contributed by atoms with E-state index in [9.17, 15) is 13.2 Å². The molecule has 0 fully saturated rings. The third kappa shape index (κ3) is 4.42. The van der Waals surface area contributed by atoms with Crippen molar-refractivity contribution in [3.8, 4) is 5.75 Å². The van der Waals surface area contributed by atoms with E-state index in [0.717, 1.165) is 23.3 Å². The summed E-state index contributed by atoms with van der Waals surface area (Å²) in [5, 5.41) is 2.81. The molecule has 1 amide bonds. The number of rotatable bonds is 7. The maximum absolute atomic E-state index is 12.2. The van der Waals surface area contributed by atoms with Crippen molar-refractivity contribution in [1.29, 1.82) is 0 Å². The first-order chi connectivity index (χ1) is 12.5. The van der Waals surface area contributed by atoms with E-state index in [1.807, 2.05) is 19.1 Å². The van der Waals surface area contributed by atoms with Gasteiger partial charge in [-0.25, -0.2) is 13.1 Å². The van der Waals surface area contributed by atoms with Crippen LogP contribution in [-0.2, 0) is 16.4 Å². The fourth-order valence-corrected chi connectivity index (χ4v) is 3.80. The Morgan fingerprint density at radius 1 is 1.12 bits per heavy atom. The molecule has 2 aromatic carbocycles. The highest BCUT2D eigenvalue weighted by molar-refractivity contribution is 7.89. The molecule has 138 valence electrons. The van der Waals surface area contributed by atoms with Crippen LogP contribution in [-0.4, -0.2) is 34.0 Å². The van der Waals surface area contributed by atoms with E-state index in [1.165, 1.54) is 0 Å². The molecule has 26 heavy (non-hydrogen) atoms. The van der Waals surface area contributed by atoms with Crippen molar-refractivity contribution in [2.75, 3.05) is 19.7 Å². The normalized spacial score (nSPS) is 13.1. The lowest BCUT2D eigenvalue weighted by Crippen LogP contribution is -2.30. The van der Waals surface area contributed by atoms with Crippen LogP contribution in [0, 0.1) is 6.92 Å². The summed E-state index contributed by atoms with van der Waals surface area (Å²) in [4.78, 5) is 12.4. The number of hydrogen-bond acceptors (Lipinski definition) is 4. The summed E-state index contributed by atoms with van der Waals surface area (Å²) in [6.07, 6.45) is 1.32. The molecule has 7 heteroatoms. The average molecular weight is 374 g/mol. The molecule has 6 nitrogen and oxygen atoms in total. The zero-order valence-corrected chi connectivity index (χ0v) is 15.4. The molecule has 0 saturated carbocycles. The van der Waals surface area contributed by atoms with Gasteiger partial charge in [-0.05, 0) is 49.2 Å². The molecule has 1 aliphatic heterocycles. The van der Waals surface area contributed by atoms with E-state index in [1.54, 1.807) is 30.3 Å². The first kappa shape index (κ1) is 18.4. The third-order valence-electron chi connectivity index (χ3n) is 4.21. The van der Waals surface area contributed by atoms with Gasteiger partial charge in [0.05, 0.1) is 11.5 Å². The van der Waals surface area contributed by atoms with Crippen molar-refractivity contribution in [2.24, 2.45) is 0 Å². The molecule has 0 unspecified atom stereocenters. The van der Waals surface area contributed by atoms with Crippen molar-refractivity contribution in [2.45, 2.75) is 24.7 Å². The topological polar surface area (TPSA) is 84.5 Å². The lowest BCUT2D eigenvalue weighted by molar-refractivity contribution is 0.0953. The van der Waals surface area contributed by atoms with E-state index in [0.29, 0.717) is 25.1 Å². The number of carbonyl (C=O) groups is 1. The summed E-state index contributed by atoms with van der Waals surface area (Å²) in [6.45, 7) is 3.21. The second kappa shape index (κ2) is 7.88. The molecule has 0 aromatic heterocycles. The van der Waals surface area contributed by atoms with Crippen LogP contribution in [0.25, 0.3) is 0 Å². The highest BCUT2D eigenvalue weighted by atomic mass is 32.2. The van der Waals surface area contributed by atoms with E-state index in [4.69, 9.17) is 4.74 Å². The first-order valence-corrected chi connectivity index (χ1v) is 10.0. The standard InChI is InChI=1S/C19H22N2O4S/c1-14-3-6-17(7-4-14)26(23,24)21-11-2-10-20-19(22)16-5-8-18-15(13-16)9-12-25-18/h3-8,13,21H,2,9-12H2,1H3,(H,20,22). The number of nitrogens with one attached hydrogen (secondary N) is 2. The van der Waals surface area contributed by atoms with Crippen molar-refractivity contribution in [3.63, 3.8) is 0 Å².